The van der Waals surface area contributed by atoms with E-state index in [-0.39, 0.29) is 18.5 Å². The second kappa shape index (κ2) is 7.86. The van der Waals surface area contributed by atoms with Crippen LogP contribution in [-0.2, 0) is 11.0 Å². The summed E-state index contributed by atoms with van der Waals surface area (Å²) in [7, 11) is 0. The van der Waals surface area contributed by atoms with Gasteiger partial charge < -0.3 is 9.15 Å². The van der Waals surface area contributed by atoms with Gasteiger partial charge in [0, 0.05) is 5.56 Å². The number of aromatic nitrogens is 2. The van der Waals surface area contributed by atoms with Crippen LogP contribution in [0.4, 0.5) is 19.2 Å². The maximum absolute atomic E-state index is 12.6. The quantitative estimate of drug-likeness (QED) is 0.502. The van der Waals surface area contributed by atoms with Crippen molar-refractivity contribution in [1.82, 2.24) is 10.2 Å². The average Bonchev–Trinajstić information content (AvgIpc) is 3.20. The molecule has 4 rings (SSSR count). The maximum atomic E-state index is 12.6. The Morgan fingerprint density at radius 3 is 2.43 bits per heavy atom. The molecule has 0 unspecified atom stereocenters. The number of benzene rings is 3. The normalized spacial score (nSPS) is 11.4. The highest BCUT2D eigenvalue weighted by molar-refractivity contribution is 5.90. The van der Waals surface area contributed by atoms with Gasteiger partial charge in [-0.1, -0.05) is 35.4 Å². The molecule has 1 aromatic heterocycles. The van der Waals surface area contributed by atoms with Gasteiger partial charge in [-0.15, -0.1) is 5.10 Å². The van der Waals surface area contributed by atoms with E-state index in [2.05, 4.69) is 15.5 Å². The predicted molar refractivity (Wildman–Crippen MR) is 103 cm³/mol. The van der Waals surface area contributed by atoms with Gasteiger partial charge >= 0.3 is 12.2 Å². The van der Waals surface area contributed by atoms with E-state index in [4.69, 9.17) is 9.15 Å². The third-order valence-corrected chi connectivity index (χ3v) is 4.22. The van der Waals surface area contributed by atoms with E-state index in [1.165, 1.54) is 12.1 Å². The summed E-state index contributed by atoms with van der Waals surface area (Å²) >= 11 is 0. The third kappa shape index (κ3) is 4.40. The third-order valence-electron chi connectivity index (χ3n) is 4.22. The summed E-state index contributed by atoms with van der Waals surface area (Å²) in [6, 6.07) is 17.3. The van der Waals surface area contributed by atoms with Crippen molar-refractivity contribution in [1.29, 1.82) is 0 Å². The first kappa shape index (κ1) is 19.4. The van der Waals surface area contributed by atoms with Crippen LogP contribution in [0.25, 0.3) is 22.2 Å². The second-order valence-electron chi connectivity index (χ2n) is 6.33. The molecule has 0 aliphatic heterocycles. The fourth-order valence-corrected chi connectivity index (χ4v) is 2.75. The molecule has 4 aromatic rings. The molecule has 0 saturated heterocycles. The lowest BCUT2D eigenvalue weighted by atomic mass is 10.1. The zero-order chi connectivity index (χ0) is 21.1. The molecule has 9 heteroatoms. The number of ether oxygens (including phenoxy) is 1. The SMILES string of the molecule is O=C(COc1ccc2ccccc2c1)Nc1nnc(-c2ccc(C(F)(F)F)cc2)o1. The first-order valence-electron chi connectivity index (χ1n) is 8.81. The maximum Gasteiger partial charge on any atom is 0.416 e. The van der Waals surface area contributed by atoms with E-state index in [9.17, 15) is 18.0 Å². The zero-order valence-corrected chi connectivity index (χ0v) is 15.3. The molecule has 0 spiro atoms. The van der Waals surface area contributed by atoms with Gasteiger partial charge in [0.1, 0.15) is 5.75 Å². The van der Waals surface area contributed by atoms with Gasteiger partial charge in [0.2, 0.25) is 5.89 Å². The minimum atomic E-state index is -4.43. The molecule has 1 heterocycles. The van der Waals surface area contributed by atoms with Crippen molar-refractivity contribution in [2.75, 3.05) is 11.9 Å². The number of carbonyl (C=O) groups excluding carboxylic acids is 1. The van der Waals surface area contributed by atoms with Crippen LogP contribution in [0.15, 0.2) is 71.1 Å². The minimum Gasteiger partial charge on any atom is -0.484 e. The molecule has 30 heavy (non-hydrogen) atoms. The first-order chi connectivity index (χ1) is 14.4. The molecule has 1 amide bonds. The first-order valence-corrected chi connectivity index (χ1v) is 8.81. The Kier molecular flexibility index (Phi) is 5.09. The van der Waals surface area contributed by atoms with Crippen molar-refractivity contribution in [2.45, 2.75) is 6.18 Å². The molecule has 0 atom stereocenters. The van der Waals surface area contributed by atoms with Gasteiger partial charge in [-0.3, -0.25) is 10.1 Å². The minimum absolute atomic E-state index is 0.0190. The number of fused-ring (bicyclic) bond motifs is 1. The Hall–Kier alpha value is -3.88. The van der Waals surface area contributed by atoms with Crippen molar-refractivity contribution in [3.05, 3.63) is 72.3 Å². The number of nitrogens with zero attached hydrogens (tertiary/aromatic N) is 2. The second-order valence-corrected chi connectivity index (χ2v) is 6.33. The lowest BCUT2D eigenvalue weighted by Crippen LogP contribution is -2.20. The average molecular weight is 413 g/mol. The van der Waals surface area contributed by atoms with Crippen molar-refractivity contribution in [3.63, 3.8) is 0 Å². The van der Waals surface area contributed by atoms with Crippen molar-refractivity contribution in [2.24, 2.45) is 0 Å². The Bertz CT molecular complexity index is 1190. The summed E-state index contributed by atoms with van der Waals surface area (Å²) in [5.41, 5.74) is -0.492. The molecule has 3 aromatic carbocycles. The van der Waals surface area contributed by atoms with E-state index in [1.807, 2.05) is 36.4 Å². The largest absolute Gasteiger partial charge is 0.484 e. The van der Waals surface area contributed by atoms with E-state index in [0.717, 1.165) is 22.9 Å². The zero-order valence-electron chi connectivity index (χ0n) is 15.3. The number of nitrogens with one attached hydrogen (secondary N) is 1. The highest BCUT2D eigenvalue weighted by Gasteiger charge is 2.30. The number of hydrogen-bond acceptors (Lipinski definition) is 5. The van der Waals surface area contributed by atoms with E-state index >= 15 is 0 Å². The van der Waals surface area contributed by atoms with Crippen LogP contribution in [0.5, 0.6) is 5.75 Å². The standard InChI is InChI=1S/C21H14F3N3O3/c22-21(23,24)16-8-5-14(6-9-16)19-26-27-20(30-19)25-18(28)12-29-17-10-7-13-3-1-2-4-15(13)11-17/h1-11H,12H2,(H,25,27,28). The van der Waals surface area contributed by atoms with Crippen LogP contribution in [0.1, 0.15) is 5.56 Å². The summed E-state index contributed by atoms with van der Waals surface area (Å²) in [4.78, 5) is 12.1. The summed E-state index contributed by atoms with van der Waals surface area (Å²) in [6.07, 6.45) is -4.43. The molecule has 0 fully saturated rings. The van der Waals surface area contributed by atoms with Crippen molar-refractivity contribution < 1.29 is 27.1 Å². The van der Waals surface area contributed by atoms with E-state index < -0.39 is 17.6 Å². The number of halogens is 3. The predicted octanol–water partition coefficient (Wildman–Crippen LogP) is 4.93. The monoisotopic (exact) mass is 413 g/mol. The molecule has 0 saturated carbocycles. The smallest absolute Gasteiger partial charge is 0.416 e. The number of hydrogen-bond donors (Lipinski definition) is 1. The molecule has 0 bridgehead atoms. The van der Waals surface area contributed by atoms with Gasteiger partial charge in [-0.05, 0) is 47.2 Å². The van der Waals surface area contributed by atoms with Crippen LogP contribution in [-0.4, -0.2) is 22.7 Å². The molecule has 0 radical (unpaired) electrons. The Morgan fingerprint density at radius 2 is 1.70 bits per heavy atom. The molecule has 152 valence electrons. The molecule has 6 nitrogen and oxygen atoms in total. The Labute approximate surface area is 168 Å². The fraction of sp³-hybridized carbons (Fsp3) is 0.0952. The molecule has 1 N–H and O–H groups in total. The number of carbonyl (C=O) groups is 1. The Morgan fingerprint density at radius 1 is 0.967 bits per heavy atom. The van der Waals surface area contributed by atoms with Gasteiger partial charge in [-0.25, -0.2) is 0 Å². The summed E-state index contributed by atoms with van der Waals surface area (Å²) in [5.74, 6) is -0.0138. The number of alkyl halides is 3. The van der Waals surface area contributed by atoms with E-state index in [0.29, 0.717) is 11.3 Å². The topological polar surface area (TPSA) is 77.2 Å². The van der Waals surface area contributed by atoms with Crippen LogP contribution < -0.4 is 10.1 Å². The van der Waals surface area contributed by atoms with Gasteiger partial charge in [0.15, 0.2) is 6.61 Å². The molecule has 0 aliphatic carbocycles. The number of anilines is 1. The summed E-state index contributed by atoms with van der Waals surface area (Å²) in [5, 5.41) is 11.8. The van der Waals surface area contributed by atoms with Crippen LogP contribution >= 0.6 is 0 Å². The lowest BCUT2D eigenvalue weighted by Gasteiger charge is -2.06. The number of amides is 1. The van der Waals surface area contributed by atoms with Crippen LogP contribution in [0.3, 0.4) is 0 Å². The Balaban J connectivity index is 1.36. The highest BCUT2D eigenvalue weighted by Crippen LogP contribution is 2.31. The molecular weight excluding hydrogens is 399 g/mol. The lowest BCUT2D eigenvalue weighted by molar-refractivity contribution is -0.137. The van der Waals surface area contributed by atoms with Gasteiger partial charge in [-0.2, -0.15) is 13.2 Å². The van der Waals surface area contributed by atoms with E-state index in [1.54, 1.807) is 6.07 Å². The number of rotatable bonds is 5. The van der Waals surface area contributed by atoms with Crippen molar-refractivity contribution >= 4 is 22.7 Å². The molecular formula is C21H14F3N3O3. The van der Waals surface area contributed by atoms with Crippen LogP contribution in [0, 0.1) is 0 Å². The molecule has 0 aliphatic rings. The summed E-state index contributed by atoms with van der Waals surface area (Å²) < 4.78 is 48.7. The van der Waals surface area contributed by atoms with Crippen molar-refractivity contribution in [3.8, 4) is 17.2 Å². The van der Waals surface area contributed by atoms with Crippen LogP contribution in [0.2, 0.25) is 0 Å². The fourth-order valence-electron chi connectivity index (χ4n) is 2.75. The van der Waals surface area contributed by atoms with Gasteiger partial charge in [0.25, 0.3) is 5.91 Å². The summed E-state index contributed by atoms with van der Waals surface area (Å²) in [6.45, 7) is -0.281. The highest BCUT2D eigenvalue weighted by atomic mass is 19.4. The van der Waals surface area contributed by atoms with Gasteiger partial charge in [0.05, 0.1) is 5.56 Å².